The van der Waals surface area contributed by atoms with Crippen molar-refractivity contribution in [1.82, 2.24) is 0 Å². The van der Waals surface area contributed by atoms with E-state index in [-0.39, 0.29) is 0 Å². The highest BCUT2D eigenvalue weighted by atomic mass is 79.9. The van der Waals surface area contributed by atoms with Crippen LogP contribution in [0, 0.1) is 5.92 Å². The summed E-state index contributed by atoms with van der Waals surface area (Å²) < 4.78 is 0. The van der Waals surface area contributed by atoms with E-state index in [1.54, 1.807) is 0 Å². The zero-order chi connectivity index (χ0) is 13.9. The van der Waals surface area contributed by atoms with Crippen LogP contribution in [0.25, 0.3) is 0 Å². The van der Waals surface area contributed by atoms with Gasteiger partial charge in [0.25, 0.3) is 0 Å². The Hall–Kier alpha value is -1.28. The molecule has 1 aromatic carbocycles. The van der Waals surface area contributed by atoms with E-state index in [9.17, 15) is 0 Å². The summed E-state index contributed by atoms with van der Waals surface area (Å²) in [6.45, 7) is 5.99. The predicted molar refractivity (Wildman–Crippen MR) is 90.6 cm³/mol. The molecule has 0 aromatic heterocycles. The van der Waals surface area contributed by atoms with Gasteiger partial charge in [-0.05, 0) is 29.9 Å². The van der Waals surface area contributed by atoms with Crippen LogP contribution in [-0.2, 0) is 6.42 Å². The maximum Gasteiger partial charge on any atom is 0.0443 e. The van der Waals surface area contributed by atoms with Gasteiger partial charge in [0.05, 0.1) is 0 Å². The Morgan fingerprint density at radius 1 is 1.25 bits per heavy atom. The van der Waals surface area contributed by atoms with Crippen LogP contribution in [0.1, 0.15) is 22.4 Å². The van der Waals surface area contributed by atoms with Crippen LogP contribution in [-0.4, -0.2) is 13.1 Å². The summed E-state index contributed by atoms with van der Waals surface area (Å²) in [6, 6.07) is 6.76. The molecule has 104 valence electrons. The summed E-state index contributed by atoms with van der Waals surface area (Å²) in [7, 11) is 0. The second kappa shape index (κ2) is 6.01. The van der Waals surface area contributed by atoms with Crippen LogP contribution in [0.2, 0.25) is 0 Å². The van der Waals surface area contributed by atoms with Crippen molar-refractivity contribution in [3.8, 4) is 0 Å². The van der Waals surface area contributed by atoms with E-state index in [2.05, 4.69) is 63.8 Å². The van der Waals surface area contributed by atoms with Crippen molar-refractivity contribution >= 4 is 21.6 Å². The van der Waals surface area contributed by atoms with E-state index in [0.29, 0.717) is 10.7 Å². The number of hydrogen-bond acceptors (Lipinski definition) is 1. The summed E-state index contributed by atoms with van der Waals surface area (Å²) in [6.07, 6.45) is 12.7. The first kappa shape index (κ1) is 13.7. The lowest BCUT2D eigenvalue weighted by Gasteiger charge is -2.41. The van der Waals surface area contributed by atoms with Gasteiger partial charge in [-0.1, -0.05) is 71.1 Å². The molecular weight excluding hydrogens is 310 g/mol. The van der Waals surface area contributed by atoms with Gasteiger partial charge >= 0.3 is 0 Å². The van der Waals surface area contributed by atoms with Crippen LogP contribution in [0.3, 0.4) is 0 Å². The molecule has 2 heteroatoms. The zero-order valence-corrected chi connectivity index (χ0v) is 13.2. The van der Waals surface area contributed by atoms with Crippen LogP contribution in [0.4, 0.5) is 5.69 Å². The first-order valence-corrected chi connectivity index (χ1v) is 8.18. The number of para-hydroxylation sites is 1. The average Bonchev–Trinajstić information content (AvgIpc) is 2.47. The number of allylic oxidation sites excluding steroid dienone is 4. The number of alkyl halides is 1. The number of benzene rings is 1. The number of rotatable bonds is 3. The normalized spacial score (nSPS) is 25.1. The Bertz CT molecular complexity index is 559. The standard InChI is InChI=1S/C18H20BrN/c1-2-3-4-5-7-14-12-15-8-6-9-16-17(19)10-11-20(13-14)18(15)16/h2-9,14,17H,1,10-13H2/b4-3+,7-5+. The molecule has 0 fully saturated rings. The number of hydrogen-bond donors (Lipinski definition) is 0. The molecule has 0 amide bonds. The molecule has 0 bridgehead atoms. The van der Waals surface area contributed by atoms with Gasteiger partial charge in [0.1, 0.15) is 0 Å². The minimum atomic E-state index is 0.524. The van der Waals surface area contributed by atoms with Gasteiger partial charge in [-0.3, -0.25) is 0 Å². The van der Waals surface area contributed by atoms with Crippen LogP contribution < -0.4 is 4.90 Å². The van der Waals surface area contributed by atoms with Crippen molar-refractivity contribution in [3.05, 3.63) is 66.3 Å². The SMILES string of the molecule is C=C/C=C/C=C/C1Cc2cccc3c2N(CCC3Br)C1. The highest BCUT2D eigenvalue weighted by Gasteiger charge is 2.30. The Morgan fingerprint density at radius 2 is 2.15 bits per heavy atom. The van der Waals surface area contributed by atoms with Crippen LogP contribution in [0.5, 0.6) is 0 Å². The molecule has 1 aromatic rings. The monoisotopic (exact) mass is 329 g/mol. The molecule has 0 radical (unpaired) electrons. The minimum Gasteiger partial charge on any atom is -0.370 e. The van der Waals surface area contributed by atoms with Crippen LogP contribution in [0.15, 0.2) is 55.2 Å². The Labute approximate surface area is 129 Å². The Morgan fingerprint density at radius 3 is 3.00 bits per heavy atom. The third kappa shape index (κ3) is 2.62. The molecule has 0 spiro atoms. The summed E-state index contributed by atoms with van der Waals surface area (Å²) in [5.41, 5.74) is 4.47. The van der Waals surface area contributed by atoms with Crippen molar-refractivity contribution in [1.29, 1.82) is 0 Å². The second-order valence-electron chi connectivity index (χ2n) is 5.53. The lowest BCUT2D eigenvalue weighted by atomic mass is 9.87. The Kier molecular flexibility index (Phi) is 4.11. The first-order chi connectivity index (χ1) is 9.79. The lowest BCUT2D eigenvalue weighted by Crippen LogP contribution is -2.39. The minimum absolute atomic E-state index is 0.524. The highest BCUT2D eigenvalue weighted by molar-refractivity contribution is 9.09. The summed E-state index contributed by atoms with van der Waals surface area (Å²) in [4.78, 5) is 3.09. The van der Waals surface area contributed by atoms with Crippen LogP contribution >= 0.6 is 15.9 Å². The van der Waals surface area contributed by atoms with E-state index in [1.807, 2.05) is 12.2 Å². The Balaban J connectivity index is 1.85. The molecule has 2 atom stereocenters. The van der Waals surface area contributed by atoms with Gasteiger partial charge in [-0.25, -0.2) is 0 Å². The molecule has 0 aliphatic carbocycles. The second-order valence-corrected chi connectivity index (χ2v) is 6.63. The van der Waals surface area contributed by atoms with Crippen molar-refractivity contribution in [2.24, 2.45) is 5.92 Å². The fourth-order valence-electron chi connectivity index (χ4n) is 3.26. The van der Waals surface area contributed by atoms with E-state index >= 15 is 0 Å². The third-order valence-electron chi connectivity index (χ3n) is 4.14. The molecule has 20 heavy (non-hydrogen) atoms. The molecule has 2 heterocycles. The molecule has 0 N–H and O–H groups in total. The molecule has 0 saturated heterocycles. The fraction of sp³-hybridized carbons (Fsp3) is 0.333. The molecule has 2 unspecified atom stereocenters. The van der Waals surface area contributed by atoms with Gasteiger partial charge in [0, 0.05) is 23.6 Å². The maximum absolute atomic E-state index is 3.82. The summed E-state index contributed by atoms with van der Waals surface area (Å²) in [5.74, 6) is 0.610. The van der Waals surface area contributed by atoms with Gasteiger partial charge in [-0.15, -0.1) is 0 Å². The molecule has 1 nitrogen and oxygen atoms in total. The number of nitrogens with zero attached hydrogens (tertiary/aromatic N) is 1. The van der Waals surface area contributed by atoms with E-state index < -0.39 is 0 Å². The molecule has 2 aliphatic rings. The predicted octanol–water partition coefficient (Wildman–Crippen LogP) is 4.80. The number of anilines is 1. The molecule has 0 saturated carbocycles. The number of halogens is 1. The first-order valence-electron chi connectivity index (χ1n) is 7.26. The average molecular weight is 330 g/mol. The largest absolute Gasteiger partial charge is 0.370 e. The van der Waals surface area contributed by atoms with Crippen molar-refractivity contribution in [2.75, 3.05) is 18.0 Å². The van der Waals surface area contributed by atoms with Crippen molar-refractivity contribution in [3.63, 3.8) is 0 Å². The molecular formula is C18H20BrN. The smallest absolute Gasteiger partial charge is 0.0443 e. The zero-order valence-electron chi connectivity index (χ0n) is 11.6. The lowest BCUT2D eigenvalue weighted by molar-refractivity contribution is 0.553. The molecule has 2 aliphatic heterocycles. The van der Waals surface area contributed by atoms with Gasteiger partial charge in [-0.2, -0.15) is 0 Å². The van der Waals surface area contributed by atoms with Gasteiger partial charge in [0.15, 0.2) is 0 Å². The van der Waals surface area contributed by atoms with Gasteiger partial charge in [0.2, 0.25) is 0 Å². The summed E-state index contributed by atoms with van der Waals surface area (Å²) >= 11 is 3.82. The van der Waals surface area contributed by atoms with E-state index in [4.69, 9.17) is 0 Å². The fourth-order valence-corrected chi connectivity index (χ4v) is 3.83. The van der Waals surface area contributed by atoms with Crippen molar-refractivity contribution < 1.29 is 0 Å². The van der Waals surface area contributed by atoms with E-state index in [0.717, 1.165) is 19.5 Å². The molecule has 3 rings (SSSR count). The van der Waals surface area contributed by atoms with Gasteiger partial charge < -0.3 is 4.90 Å². The highest BCUT2D eigenvalue weighted by Crippen LogP contribution is 2.44. The maximum atomic E-state index is 3.82. The topological polar surface area (TPSA) is 3.24 Å². The van der Waals surface area contributed by atoms with E-state index in [1.165, 1.54) is 23.2 Å². The van der Waals surface area contributed by atoms with Crippen molar-refractivity contribution in [2.45, 2.75) is 17.7 Å². The summed E-state index contributed by atoms with van der Waals surface area (Å²) in [5, 5.41) is 0. The quantitative estimate of drug-likeness (QED) is 0.568. The third-order valence-corrected chi connectivity index (χ3v) is 5.09.